The van der Waals surface area contributed by atoms with Crippen LogP contribution in [0.1, 0.15) is 9.67 Å². The Morgan fingerprint density at radius 3 is 2.58 bits per heavy atom. The van der Waals surface area contributed by atoms with Crippen molar-refractivity contribution in [2.45, 2.75) is 4.21 Å². The minimum atomic E-state index is -3.71. The molecule has 2 aromatic rings. The molecule has 1 N–H and O–H groups in total. The standard InChI is InChI=1S/C10H8BrNO4S3/c1-16-9(13)8-7(3-5-17-8)12-19(14,15)10-6(11)2-4-18-10/h2-5,12H,1H3. The molecule has 0 amide bonds. The average molecular weight is 382 g/mol. The molecule has 0 aliphatic rings. The predicted octanol–water partition coefficient (Wildman–Crippen LogP) is 3.16. The second kappa shape index (κ2) is 5.61. The molecule has 102 valence electrons. The normalized spacial score (nSPS) is 11.3. The fraction of sp³-hybridized carbons (Fsp3) is 0.100. The summed E-state index contributed by atoms with van der Waals surface area (Å²) in [5.41, 5.74) is 0.220. The molecule has 2 heterocycles. The van der Waals surface area contributed by atoms with Crippen molar-refractivity contribution in [1.82, 2.24) is 0 Å². The minimum absolute atomic E-state index is 0.162. The van der Waals surface area contributed by atoms with Crippen LogP contribution in [-0.2, 0) is 14.8 Å². The molecule has 0 saturated heterocycles. The Morgan fingerprint density at radius 2 is 2.00 bits per heavy atom. The maximum absolute atomic E-state index is 12.2. The summed E-state index contributed by atoms with van der Waals surface area (Å²) in [5, 5.41) is 3.28. The summed E-state index contributed by atoms with van der Waals surface area (Å²) in [6.07, 6.45) is 0. The lowest BCUT2D eigenvalue weighted by atomic mass is 10.4. The van der Waals surface area contributed by atoms with E-state index in [1.165, 1.54) is 13.2 Å². The van der Waals surface area contributed by atoms with Gasteiger partial charge in [0, 0.05) is 4.47 Å². The number of sulfonamides is 1. The highest BCUT2D eigenvalue weighted by Gasteiger charge is 2.23. The van der Waals surface area contributed by atoms with E-state index in [-0.39, 0.29) is 14.8 Å². The molecule has 0 unspecified atom stereocenters. The molecule has 9 heteroatoms. The number of nitrogens with one attached hydrogen (secondary N) is 1. The van der Waals surface area contributed by atoms with Gasteiger partial charge in [0.25, 0.3) is 10.0 Å². The number of rotatable bonds is 4. The molecule has 0 saturated carbocycles. The number of ether oxygens (including phenoxy) is 1. The number of carbonyl (C=O) groups excluding carboxylic acids is 1. The highest BCUT2D eigenvalue weighted by atomic mass is 79.9. The molecule has 0 bridgehead atoms. The molecule has 0 aliphatic heterocycles. The lowest BCUT2D eigenvalue weighted by Crippen LogP contribution is -2.14. The van der Waals surface area contributed by atoms with Crippen molar-refractivity contribution >= 4 is 60.3 Å². The zero-order valence-corrected chi connectivity index (χ0v) is 13.6. The van der Waals surface area contributed by atoms with Gasteiger partial charge >= 0.3 is 5.97 Å². The van der Waals surface area contributed by atoms with E-state index in [0.29, 0.717) is 4.47 Å². The molecule has 0 spiro atoms. The van der Waals surface area contributed by atoms with Gasteiger partial charge < -0.3 is 4.74 Å². The first-order valence-corrected chi connectivity index (χ1v) is 8.91. The lowest BCUT2D eigenvalue weighted by Gasteiger charge is -2.06. The molecule has 2 rings (SSSR count). The van der Waals surface area contributed by atoms with Crippen LogP contribution in [0.4, 0.5) is 5.69 Å². The van der Waals surface area contributed by atoms with Crippen LogP contribution in [0, 0.1) is 0 Å². The first-order valence-electron chi connectivity index (χ1n) is 4.87. The highest BCUT2D eigenvalue weighted by Crippen LogP contribution is 2.31. The van der Waals surface area contributed by atoms with E-state index in [9.17, 15) is 13.2 Å². The number of methoxy groups -OCH3 is 1. The van der Waals surface area contributed by atoms with E-state index >= 15 is 0 Å². The van der Waals surface area contributed by atoms with E-state index < -0.39 is 16.0 Å². The third kappa shape index (κ3) is 2.99. The number of thiophene rings is 2. The van der Waals surface area contributed by atoms with Crippen molar-refractivity contribution < 1.29 is 17.9 Å². The second-order valence-corrected chi connectivity index (χ2v) is 7.88. The van der Waals surface area contributed by atoms with E-state index in [2.05, 4.69) is 25.4 Å². The average Bonchev–Trinajstić information content (AvgIpc) is 2.96. The number of halogens is 1. The van der Waals surface area contributed by atoms with Gasteiger partial charge in [0.1, 0.15) is 4.88 Å². The molecule has 2 aromatic heterocycles. The molecule has 5 nitrogen and oxygen atoms in total. The van der Waals surface area contributed by atoms with E-state index in [0.717, 1.165) is 22.7 Å². The molecule has 0 aliphatic carbocycles. The Labute approximate surface area is 126 Å². The van der Waals surface area contributed by atoms with Crippen molar-refractivity contribution in [3.05, 3.63) is 32.2 Å². The van der Waals surface area contributed by atoms with Crippen LogP contribution in [0.3, 0.4) is 0 Å². The maximum Gasteiger partial charge on any atom is 0.350 e. The Kier molecular flexibility index (Phi) is 4.29. The summed E-state index contributed by atoms with van der Waals surface area (Å²) in [6.45, 7) is 0. The SMILES string of the molecule is COC(=O)c1sccc1NS(=O)(=O)c1sccc1Br. The minimum Gasteiger partial charge on any atom is -0.465 e. The van der Waals surface area contributed by atoms with Crippen LogP contribution < -0.4 is 4.72 Å². The molecule has 0 fully saturated rings. The number of hydrogen-bond donors (Lipinski definition) is 1. The van der Waals surface area contributed by atoms with Gasteiger partial charge in [-0.25, -0.2) is 13.2 Å². The highest BCUT2D eigenvalue weighted by molar-refractivity contribution is 9.10. The Morgan fingerprint density at radius 1 is 1.32 bits per heavy atom. The van der Waals surface area contributed by atoms with Gasteiger partial charge in [-0.15, -0.1) is 22.7 Å². The summed E-state index contributed by atoms with van der Waals surface area (Å²) in [7, 11) is -2.47. The lowest BCUT2D eigenvalue weighted by molar-refractivity contribution is 0.0607. The third-order valence-corrected chi connectivity index (χ3v) is 7.04. The molecule has 0 radical (unpaired) electrons. The van der Waals surface area contributed by atoms with Crippen molar-refractivity contribution in [3.63, 3.8) is 0 Å². The van der Waals surface area contributed by atoms with E-state index in [1.807, 2.05) is 0 Å². The topological polar surface area (TPSA) is 72.5 Å². The van der Waals surface area contributed by atoms with Crippen molar-refractivity contribution in [1.29, 1.82) is 0 Å². The summed E-state index contributed by atoms with van der Waals surface area (Å²) in [6, 6.07) is 3.17. The summed E-state index contributed by atoms with van der Waals surface area (Å²) in [4.78, 5) is 11.7. The fourth-order valence-electron chi connectivity index (χ4n) is 1.30. The largest absolute Gasteiger partial charge is 0.465 e. The maximum atomic E-state index is 12.2. The van der Waals surface area contributed by atoms with Gasteiger partial charge in [-0.1, -0.05) is 0 Å². The molecule has 0 aromatic carbocycles. The van der Waals surface area contributed by atoms with Crippen molar-refractivity contribution in [3.8, 4) is 0 Å². The summed E-state index contributed by atoms with van der Waals surface area (Å²) >= 11 is 5.37. The Balaban J connectivity index is 2.35. The Bertz CT molecular complexity index is 704. The van der Waals surface area contributed by atoms with Gasteiger partial charge in [0.05, 0.1) is 12.8 Å². The molecule has 19 heavy (non-hydrogen) atoms. The van der Waals surface area contributed by atoms with Crippen LogP contribution in [0.15, 0.2) is 31.6 Å². The zero-order valence-electron chi connectivity index (χ0n) is 9.55. The van der Waals surface area contributed by atoms with Gasteiger partial charge in [0.2, 0.25) is 0 Å². The van der Waals surface area contributed by atoms with E-state index in [1.54, 1.807) is 16.8 Å². The quantitative estimate of drug-likeness (QED) is 0.825. The van der Waals surface area contributed by atoms with Gasteiger partial charge in [-0.3, -0.25) is 4.72 Å². The number of anilines is 1. The first kappa shape index (κ1) is 14.5. The predicted molar refractivity (Wildman–Crippen MR) is 78.5 cm³/mol. The van der Waals surface area contributed by atoms with Crippen LogP contribution in [0.2, 0.25) is 0 Å². The summed E-state index contributed by atoms with van der Waals surface area (Å²) in [5.74, 6) is -0.571. The third-order valence-electron chi connectivity index (χ3n) is 2.11. The van der Waals surface area contributed by atoms with Crippen LogP contribution in [0.5, 0.6) is 0 Å². The van der Waals surface area contributed by atoms with Gasteiger partial charge in [-0.05, 0) is 38.8 Å². The van der Waals surface area contributed by atoms with Crippen LogP contribution in [-0.4, -0.2) is 21.5 Å². The first-order chi connectivity index (χ1) is 8.95. The fourth-order valence-corrected chi connectivity index (χ4v) is 5.54. The smallest absolute Gasteiger partial charge is 0.350 e. The number of esters is 1. The zero-order chi connectivity index (χ0) is 14.0. The van der Waals surface area contributed by atoms with Crippen LogP contribution in [0.25, 0.3) is 0 Å². The molecular formula is C10H8BrNO4S3. The molecule has 0 atom stereocenters. The number of carbonyl (C=O) groups is 1. The second-order valence-electron chi connectivity index (χ2n) is 3.32. The molecular weight excluding hydrogens is 374 g/mol. The van der Waals surface area contributed by atoms with E-state index in [4.69, 9.17) is 0 Å². The number of hydrogen-bond acceptors (Lipinski definition) is 6. The summed E-state index contributed by atoms with van der Waals surface area (Å²) < 4.78 is 32.0. The van der Waals surface area contributed by atoms with Gasteiger partial charge in [0.15, 0.2) is 4.21 Å². The van der Waals surface area contributed by atoms with Crippen LogP contribution >= 0.6 is 38.6 Å². The van der Waals surface area contributed by atoms with Crippen molar-refractivity contribution in [2.75, 3.05) is 11.8 Å². The monoisotopic (exact) mass is 381 g/mol. The Hall–Kier alpha value is -0.900. The van der Waals surface area contributed by atoms with Gasteiger partial charge in [-0.2, -0.15) is 0 Å². The van der Waals surface area contributed by atoms with Crippen molar-refractivity contribution in [2.24, 2.45) is 0 Å².